The second-order valence-electron chi connectivity index (χ2n) is 7.25. The average molecular weight is 463 g/mol. The minimum atomic E-state index is -4.45. The summed E-state index contributed by atoms with van der Waals surface area (Å²) in [7, 11) is 0. The number of rotatable bonds is 3. The summed E-state index contributed by atoms with van der Waals surface area (Å²) in [4.78, 5) is 28.8. The highest BCUT2D eigenvalue weighted by Crippen LogP contribution is 2.29. The van der Waals surface area contributed by atoms with E-state index in [-0.39, 0.29) is 16.5 Å². The smallest absolute Gasteiger partial charge is 0.365 e. The lowest BCUT2D eigenvalue weighted by atomic mass is 10.1. The number of anilines is 1. The largest absolute Gasteiger partial charge is 0.416 e. The van der Waals surface area contributed by atoms with Crippen LogP contribution in [-0.4, -0.2) is 46.8 Å². The normalized spacial score (nSPS) is 14.5. The summed E-state index contributed by atoms with van der Waals surface area (Å²) in [6, 6.07) is 13.1. The van der Waals surface area contributed by atoms with Crippen molar-refractivity contribution in [2.24, 2.45) is 0 Å². The maximum atomic E-state index is 12.7. The molecule has 0 atom stereocenters. The lowest BCUT2D eigenvalue weighted by molar-refractivity contribution is -0.137. The Balaban J connectivity index is 1.45. The van der Waals surface area contributed by atoms with Gasteiger partial charge in [-0.3, -0.25) is 9.59 Å². The summed E-state index contributed by atoms with van der Waals surface area (Å²) >= 11 is 6.34. The maximum absolute atomic E-state index is 12.7. The van der Waals surface area contributed by atoms with E-state index in [0.29, 0.717) is 37.6 Å². The van der Waals surface area contributed by atoms with Gasteiger partial charge in [0, 0.05) is 31.7 Å². The minimum Gasteiger partial charge on any atom is -0.365 e. The van der Waals surface area contributed by atoms with E-state index < -0.39 is 17.3 Å². The highest BCUT2D eigenvalue weighted by Gasteiger charge is 2.31. The van der Waals surface area contributed by atoms with Gasteiger partial charge in [-0.2, -0.15) is 23.0 Å². The molecular weight excluding hydrogens is 445 g/mol. The van der Waals surface area contributed by atoms with E-state index in [2.05, 4.69) is 5.10 Å². The predicted molar refractivity (Wildman–Crippen MR) is 114 cm³/mol. The first kappa shape index (κ1) is 21.9. The fourth-order valence-corrected chi connectivity index (χ4v) is 3.78. The topological polar surface area (TPSA) is 58.4 Å². The molecule has 32 heavy (non-hydrogen) atoms. The molecule has 0 saturated carbocycles. The molecule has 166 valence electrons. The fourth-order valence-electron chi connectivity index (χ4n) is 3.53. The molecule has 1 aliphatic heterocycles. The number of aromatic nitrogens is 2. The number of carbonyl (C=O) groups excluding carboxylic acids is 1. The zero-order valence-electron chi connectivity index (χ0n) is 16.7. The Kier molecular flexibility index (Phi) is 5.92. The Bertz CT molecular complexity index is 1170. The van der Waals surface area contributed by atoms with Crippen molar-refractivity contribution in [1.29, 1.82) is 0 Å². The Hall–Kier alpha value is -3.33. The summed E-state index contributed by atoms with van der Waals surface area (Å²) in [5, 5.41) is 4.25. The number of alkyl halides is 3. The Morgan fingerprint density at radius 1 is 0.938 bits per heavy atom. The molecule has 3 aromatic rings. The van der Waals surface area contributed by atoms with Crippen molar-refractivity contribution in [2.75, 3.05) is 31.1 Å². The van der Waals surface area contributed by atoms with E-state index >= 15 is 0 Å². The van der Waals surface area contributed by atoms with Crippen molar-refractivity contribution >= 4 is 23.2 Å². The highest BCUT2D eigenvalue weighted by molar-refractivity contribution is 6.33. The van der Waals surface area contributed by atoms with Crippen LogP contribution in [0.3, 0.4) is 0 Å². The van der Waals surface area contributed by atoms with Crippen LogP contribution in [0.2, 0.25) is 5.02 Å². The first-order chi connectivity index (χ1) is 15.3. The lowest BCUT2D eigenvalue weighted by Crippen LogP contribution is -2.49. The molecule has 10 heteroatoms. The summed E-state index contributed by atoms with van der Waals surface area (Å²) in [5.74, 6) is -0.345. The number of amides is 1. The Morgan fingerprint density at radius 2 is 1.56 bits per heavy atom. The standard InChI is InChI=1S/C22H18ClF3N4O2/c23-19-18(14-27-30(21(19)32)17-4-2-1-3-5-17)28-10-12-29(13-11-28)20(31)15-6-8-16(9-7-15)22(24,25)26/h1-9,14H,10-13H2. The van der Waals surface area contributed by atoms with Crippen molar-refractivity contribution in [3.05, 3.63) is 87.3 Å². The molecule has 0 bridgehead atoms. The van der Waals surface area contributed by atoms with Crippen molar-refractivity contribution < 1.29 is 18.0 Å². The van der Waals surface area contributed by atoms with Crippen LogP contribution in [0, 0.1) is 0 Å². The van der Waals surface area contributed by atoms with Crippen molar-refractivity contribution in [3.8, 4) is 5.69 Å². The molecular formula is C22H18ClF3N4O2. The molecule has 0 N–H and O–H groups in total. The number of carbonyl (C=O) groups is 1. The summed E-state index contributed by atoms with van der Waals surface area (Å²) in [6.45, 7) is 1.47. The molecule has 4 rings (SSSR count). The Morgan fingerprint density at radius 3 is 2.16 bits per heavy atom. The molecule has 2 heterocycles. The van der Waals surface area contributed by atoms with E-state index in [1.807, 2.05) is 11.0 Å². The van der Waals surface area contributed by atoms with Crippen LogP contribution in [0.1, 0.15) is 15.9 Å². The number of benzene rings is 2. The first-order valence-corrected chi connectivity index (χ1v) is 10.2. The number of para-hydroxylation sites is 1. The van der Waals surface area contributed by atoms with Crippen LogP contribution in [-0.2, 0) is 6.18 Å². The summed E-state index contributed by atoms with van der Waals surface area (Å²) in [5.41, 5.74) is 0.0184. The summed E-state index contributed by atoms with van der Waals surface area (Å²) in [6.07, 6.45) is -2.93. The van der Waals surface area contributed by atoms with Gasteiger partial charge in [0.2, 0.25) is 0 Å². The zero-order valence-corrected chi connectivity index (χ0v) is 17.5. The SMILES string of the molecule is O=C(c1ccc(C(F)(F)F)cc1)N1CCN(c2cnn(-c3ccccc3)c(=O)c2Cl)CC1. The lowest BCUT2D eigenvalue weighted by Gasteiger charge is -2.36. The molecule has 1 amide bonds. The highest BCUT2D eigenvalue weighted by atomic mass is 35.5. The molecule has 1 aliphatic rings. The van der Waals surface area contributed by atoms with Gasteiger partial charge in [-0.05, 0) is 36.4 Å². The van der Waals surface area contributed by atoms with Crippen molar-refractivity contribution in [2.45, 2.75) is 6.18 Å². The van der Waals surface area contributed by atoms with E-state index in [0.717, 1.165) is 12.1 Å². The molecule has 1 fully saturated rings. The van der Waals surface area contributed by atoms with E-state index in [4.69, 9.17) is 11.6 Å². The molecule has 6 nitrogen and oxygen atoms in total. The third-order valence-electron chi connectivity index (χ3n) is 5.27. The van der Waals surface area contributed by atoms with Gasteiger partial charge < -0.3 is 9.80 Å². The number of nitrogens with zero attached hydrogens (tertiary/aromatic N) is 4. The maximum Gasteiger partial charge on any atom is 0.416 e. The average Bonchev–Trinajstić information content (AvgIpc) is 2.80. The van der Waals surface area contributed by atoms with Gasteiger partial charge in [0.05, 0.1) is 23.1 Å². The second-order valence-corrected chi connectivity index (χ2v) is 7.63. The molecule has 2 aromatic carbocycles. The molecule has 0 aliphatic carbocycles. The Labute approximate surface area is 186 Å². The van der Waals surface area contributed by atoms with Crippen molar-refractivity contribution in [3.63, 3.8) is 0 Å². The third kappa shape index (κ3) is 4.34. The number of hydrogen-bond acceptors (Lipinski definition) is 4. The molecule has 0 unspecified atom stereocenters. The molecule has 1 saturated heterocycles. The third-order valence-corrected chi connectivity index (χ3v) is 5.62. The van der Waals surface area contributed by atoms with Crippen molar-refractivity contribution in [1.82, 2.24) is 14.7 Å². The number of hydrogen-bond donors (Lipinski definition) is 0. The monoisotopic (exact) mass is 462 g/mol. The van der Waals surface area contributed by atoms with Gasteiger partial charge in [-0.25, -0.2) is 0 Å². The van der Waals surface area contributed by atoms with Gasteiger partial charge >= 0.3 is 6.18 Å². The number of piperazine rings is 1. The van der Waals surface area contributed by atoms with Gasteiger partial charge in [-0.1, -0.05) is 29.8 Å². The predicted octanol–water partition coefficient (Wildman–Crippen LogP) is 3.87. The quantitative estimate of drug-likeness (QED) is 0.593. The van der Waals surface area contributed by atoms with E-state index in [1.54, 1.807) is 29.2 Å². The van der Waals surface area contributed by atoms with Gasteiger partial charge in [-0.15, -0.1) is 0 Å². The van der Waals surface area contributed by atoms with Crippen LogP contribution < -0.4 is 10.5 Å². The first-order valence-electron chi connectivity index (χ1n) is 9.80. The van der Waals surface area contributed by atoms with Gasteiger partial charge in [0.15, 0.2) is 0 Å². The second kappa shape index (κ2) is 8.66. The molecule has 0 radical (unpaired) electrons. The van der Waals surface area contributed by atoms with E-state index in [9.17, 15) is 22.8 Å². The van der Waals surface area contributed by atoms with Gasteiger partial charge in [0.1, 0.15) is 5.02 Å². The minimum absolute atomic E-state index is 0.0337. The van der Waals surface area contributed by atoms with Gasteiger partial charge in [0.25, 0.3) is 11.5 Å². The molecule has 0 spiro atoms. The summed E-state index contributed by atoms with van der Waals surface area (Å²) < 4.78 is 39.4. The van der Waals surface area contributed by atoms with Crippen LogP contribution in [0.15, 0.2) is 65.6 Å². The van der Waals surface area contributed by atoms with Crippen LogP contribution in [0.25, 0.3) is 5.69 Å². The van der Waals surface area contributed by atoms with Crippen LogP contribution in [0.5, 0.6) is 0 Å². The van der Waals surface area contributed by atoms with E-state index in [1.165, 1.54) is 23.0 Å². The zero-order chi connectivity index (χ0) is 22.9. The van der Waals surface area contributed by atoms with Crippen LogP contribution in [0.4, 0.5) is 18.9 Å². The number of halogens is 4. The molecule has 1 aromatic heterocycles. The fraction of sp³-hybridized carbons (Fsp3) is 0.227. The van der Waals surface area contributed by atoms with Crippen LogP contribution >= 0.6 is 11.6 Å².